The monoisotopic (exact) mass is 543 g/mol. The zero-order valence-electron chi connectivity index (χ0n) is 21.5. The van der Waals surface area contributed by atoms with Gasteiger partial charge in [0.2, 0.25) is 0 Å². The van der Waals surface area contributed by atoms with Gasteiger partial charge < -0.3 is 21.1 Å². The number of hydrogen-bond donors (Lipinski definition) is 4. The largest absolute Gasteiger partial charge is 0.416 e. The van der Waals surface area contributed by atoms with Crippen molar-refractivity contribution < 1.29 is 27.9 Å². The van der Waals surface area contributed by atoms with Crippen molar-refractivity contribution in [2.24, 2.45) is 0 Å². The Balaban J connectivity index is 1.43. The SMILES string of the molecule is CCn1nc(C(=O)N[C@@H](Cc2ccccc2)[C@H](O)CNCc2cccc(C(F)(F)F)c2)cc1C(=O)NC1CC1. The summed E-state index contributed by atoms with van der Waals surface area (Å²) in [7, 11) is 0. The molecule has 2 amide bonds. The van der Waals surface area contributed by atoms with E-state index in [-0.39, 0.29) is 36.4 Å². The third-order valence-corrected chi connectivity index (χ3v) is 6.47. The lowest BCUT2D eigenvalue weighted by Crippen LogP contribution is -2.48. The number of alkyl halides is 3. The molecule has 1 aromatic heterocycles. The molecule has 11 heteroatoms. The van der Waals surface area contributed by atoms with E-state index < -0.39 is 29.8 Å². The highest BCUT2D eigenvalue weighted by atomic mass is 19.4. The van der Waals surface area contributed by atoms with Crippen LogP contribution in [0.3, 0.4) is 0 Å². The van der Waals surface area contributed by atoms with E-state index in [1.54, 1.807) is 6.07 Å². The van der Waals surface area contributed by atoms with Crippen molar-refractivity contribution in [2.75, 3.05) is 6.54 Å². The highest BCUT2D eigenvalue weighted by Gasteiger charge is 2.31. The Kier molecular flexibility index (Phi) is 9.03. The van der Waals surface area contributed by atoms with Crippen LogP contribution < -0.4 is 16.0 Å². The van der Waals surface area contributed by atoms with E-state index in [4.69, 9.17) is 0 Å². The van der Waals surface area contributed by atoms with E-state index in [1.165, 1.54) is 16.8 Å². The fraction of sp³-hybridized carbons (Fsp3) is 0.393. The zero-order valence-corrected chi connectivity index (χ0v) is 21.5. The standard InChI is InChI=1S/C28H32F3N5O3/c1-2-36-24(27(39)33-21-11-12-21)15-23(35-36)26(38)34-22(14-18-7-4-3-5-8-18)25(37)17-32-16-19-9-6-10-20(13-19)28(29,30)31/h3-10,13,15,21-22,25,32,37H,2,11-12,14,16-17H2,1H3,(H,33,39)(H,34,38)/t22-,25+/m0/s1. The maximum absolute atomic E-state index is 13.2. The van der Waals surface area contributed by atoms with Gasteiger partial charge in [-0.2, -0.15) is 18.3 Å². The van der Waals surface area contributed by atoms with Crippen molar-refractivity contribution in [3.8, 4) is 0 Å². The Bertz CT molecular complexity index is 1270. The van der Waals surface area contributed by atoms with Crippen LogP contribution in [0.15, 0.2) is 60.7 Å². The molecule has 1 saturated carbocycles. The number of nitrogens with one attached hydrogen (secondary N) is 3. The number of carbonyl (C=O) groups excluding carboxylic acids is 2. The van der Waals surface area contributed by atoms with E-state index in [0.717, 1.165) is 30.5 Å². The van der Waals surface area contributed by atoms with Crippen LogP contribution in [0.2, 0.25) is 0 Å². The lowest BCUT2D eigenvalue weighted by Gasteiger charge is -2.24. The van der Waals surface area contributed by atoms with Crippen LogP contribution in [-0.4, -0.2) is 51.4 Å². The van der Waals surface area contributed by atoms with Gasteiger partial charge in [-0.1, -0.05) is 48.5 Å². The summed E-state index contributed by atoms with van der Waals surface area (Å²) in [5.41, 5.74) is 0.900. The van der Waals surface area contributed by atoms with E-state index in [9.17, 15) is 27.9 Å². The van der Waals surface area contributed by atoms with E-state index in [0.29, 0.717) is 18.5 Å². The van der Waals surface area contributed by atoms with Gasteiger partial charge in [-0.25, -0.2) is 0 Å². The maximum Gasteiger partial charge on any atom is 0.416 e. The number of aliphatic hydroxyl groups is 1. The lowest BCUT2D eigenvalue weighted by molar-refractivity contribution is -0.137. The second kappa shape index (κ2) is 12.4. The molecule has 8 nitrogen and oxygen atoms in total. The first-order valence-corrected chi connectivity index (χ1v) is 12.9. The summed E-state index contributed by atoms with van der Waals surface area (Å²) in [6, 6.07) is 15.1. The Labute approximate surface area is 224 Å². The predicted molar refractivity (Wildman–Crippen MR) is 139 cm³/mol. The average Bonchev–Trinajstić information content (AvgIpc) is 3.62. The minimum absolute atomic E-state index is 0.0203. The Morgan fingerprint density at radius 2 is 1.77 bits per heavy atom. The van der Waals surface area contributed by atoms with Gasteiger partial charge in [0.1, 0.15) is 5.69 Å². The number of benzene rings is 2. The van der Waals surface area contributed by atoms with Crippen LogP contribution in [-0.2, 0) is 25.7 Å². The number of aryl methyl sites for hydroxylation is 1. The molecule has 0 saturated heterocycles. The number of rotatable bonds is 12. The molecule has 0 bridgehead atoms. The molecular formula is C28H32F3N5O3. The van der Waals surface area contributed by atoms with Gasteiger partial charge in [0.05, 0.1) is 17.7 Å². The fourth-order valence-corrected chi connectivity index (χ4v) is 4.20. The van der Waals surface area contributed by atoms with Crippen LogP contribution >= 0.6 is 0 Å². The molecule has 0 spiro atoms. The number of aliphatic hydroxyl groups excluding tert-OH is 1. The molecule has 2 atom stereocenters. The molecule has 208 valence electrons. The number of aromatic nitrogens is 2. The van der Waals surface area contributed by atoms with Crippen LogP contribution in [0, 0.1) is 0 Å². The molecule has 2 aromatic carbocycles. The van der Waals surface area contributed by atoms with E-state index in [2.05, 4.69) is 21.0 Å². The van der Waals surface area contributed by atoms with Gasteiger partial charge in [0.15, 0.2) is 5.69 Å². The third-order valence-electron chi connectivity index (χ3n) is 6.47. The van der Waals surface area contributed by atoms with Gasteiger partial charge in [0, 0.05) is 31.7 Å². The Morgan fingerprint density at radius 3 is 2.44 bits per heavy atom. The highest BCUT2D eigenvalue weighted by molar-refractivity contribution is 5.98. The van der Waals surface area contributed by atoms with Crippen LogP contribution in [0.5, 0.6) is 0 Å². The number of amides is 2. The van der Waals surface area contributed by atoms with Crippen LogP contribution in [0.1, 0.15) is 57.4 Å². The van der Waals surface area contributed by atoms with Crippen molar-refractivity contribution in [1.29, 1.82) is 0 Å². The van der Waals surface area contributed by atoms with Gasteiger partial charge >= 0.3 is 6.18 Å². The maximum atomic E-state index is 13.2. The molecule has 1 aliphatic rings. The summed E-state index contributed by atoms with van der Waals surface area (Å²) in [6.45, 7) is 2.34. The summed E-state index contributed by atoms with van der Waals surface area (Å²) in [6.07, 6.45) is -3.34. The van der Waals surface area contributed by atoms with Crippen molar-refractivity contribution in [2.45, 2.75) is 63.6 Å². The Morgan fingerprint density at radius 1 is 1.05 bits per heavy atom. The molecular weight excluding hydrogens is 511 g/mol. The third kappa shape index (κ3) is 7.90. The number of hydrogen-bond acceptors (Lipinski definition) is 5. The van der Waals surface area contributed by atoms with E-state index in [1.807, 2.05) is 37.3 Å². The smallest absolute Gasteiger partial charge is 0.390 e. The molecule has 0 radical (unpaired) electrons. The normalized spacial score (nSPS) is 15.0. The average molecular weight is 544 g/mol. The van der Waals surface area contributed by atoms with Crippen LogP contribution in [0.25, 0.3) is 0 Å². The van der Waals surface area contributed by atoms with Gasteiger partial charge in [0.25, 0.3) is 11.8 Å². The van der Waals surface area contributed by atoms with Crippen molar-refractivity contribution in [1.82, 2.24) is 25.7 Å². The number of halogens is 3. The van der Waals surface area contributed by atoms with Gasteiger partial charge in [-0.05, 0) is 43.4 Å². The quantitative estimate of drug-likeness (QED) is 0.280. The summed E-state index contributed by atoms with van der Waals surface area (Å²) < 4.78 is 40.5. The molecule has 0 unspecified atom stereocenters. The molecule has 4 rings (SSSR count). The molecule has 4 N–H and O–H groups in total. The molecule has 0 aliphatic heterocycles. The topological polar surface area (TPSA) is 108 Å². The van der Waals surface area contributed by atoms with Crippen molar-refractivity contribution in [3.63, 3.8) is 0 Å². The molecule has 3 aromatic rings. The van der Waals surface area contributed by atoms with Crippen molar-refractivity contribution >= 4 is 11.8 Å². The second-order valence-electron chi connectivity index (χ2n) is 9.64. The summed E-state index contributed by atoms with van der Waals surface area (Å²) in [5.74, 6) is -0.828. The minimum Gasteiger partial charge on any atom is -0.390 e. The Hall–Kier alpha value is -3.70. The summed E-state index contributed by atoms with van der Waals surface area (Å²) in [4.78, 5) is 25.7. The zero-order chi connectivity index (χ0) is 28.0. The number of nitrogens with zero attached hydrogens (tertiary/aromatic N) is 2. The van der Waals surface area contributed by atoms with Gasteiger partial charge in [-0.15, -0.1) is 0 Å². The summed E-state index contributed by atoms with van der Waals surface area (Å²) >= 11 is 0. The molecule has 1 fully saturated rings. The van der Waals surface area contributed by atoms with Gasteiger partial charge in [-0.3, -0.25) is 14.3 Å². The van der Waals surface area contributed by atoms with E-state index >= 15 is 0 Å². The number of carbonyl (C=O) groups is 2. The van der Waals surface area contributed by atoms with Crippen molar-refractivity contribution in [3.05, 3.63) is 88.7 Å². The van der Waals surface area contributed by atoms with Crippen LogP contribution in [0.4, 0.5) is 13.2 Å². The molecule has 1 heterocycles. The summed E-state index contributed by atoms with van der Waals surface area (Å²) in [5, 5.41) is 24.0. The first-order valence-electron chi connectivity index (χ1n) is 12.9. The minimum atomic E-state index is -4.44. The molecule has 1 aliphatic carbocycles. The second-order valence-corrected chi connectivity index (χ2v) is 9.64. The first-order chi connectivity index (χ1) is 18.6. The fourth-order valence-electron chi connectivity index (χ4n) is 4.20. The predicted octanol–water partition coefficient (Wildman–Crippen LogP) is 3.31. The first kappa shape index (κ1) is 28.3. The lowest BCUT2D eigenvalue weighted by atomic mass is 10.0. The highest BCUT2D eigenvalue weighted by Crippen LogP contribution is 2.29. The molecule has 39 heavy (non-hydrogen) atoms.